The second kappa shape index (κ2) is 9.87. The standard InChI is InChI=1S/C18H30O8/c1-7-22-13(19)10-12(15-11(4)25-18(5,6)26-15)14(16(20)23-8-2)17(21)24-9-3/h11-12,14-15H,7-10H2,1-6H3/t11-,12?,15+/m0/s1. The van der Waals surface area contributed by atoms with Crippen LogP contribution in [0.5, 0.6) is 0 Å². The third-order valence-electron chi connectivity index (χ3n) is 3.99. The van der Waals surface area contributed by atoms with E-state index in [2.05, 4.69) is 0 Å². The molecule has 3 atom stereocenters. The number of esters is 3. The molecule has 0 aliphatic carbocycles. The molecule has 0 bridgehead atoms. The number of ether oxygens (including phenoxy) is 5. The maximum Gasteiger partial charge on any atom is 0.320 e. The maximum atomic E-state index is 12.5. The summed E-state index contributed by atoms with van der Waals surface area (Å²) in [6.07, 6.45) is -1.30. The molecule has 0 N–H and O–H groups in total. The monoisotopic (exact) mass is 374 g/mol. The van der Waals surface area contributed by atoms with E-state index in [-0.39, 0.29) is 26.2 Å². The summed E-state index contributed by atoms with van der Waals surface area (Å²) in [7, 11) is 0. The molecule has 1 saturated heterocycles. The quantitative estimate of drug-likeness (QED) is 0.343. The van der Waals surface area contributed by atoms with E-state index in [9.17, 15) is 14.4 Å². The van der Waals surface area contributed by atoms with E-state index >= 15 is 0 Å². The van der Waals surface area contributed by atoms with Gasteiger partial charge in [-0.2, -0.15) is 0 Å². The van der Waals surface area contributed by atoms with Crippen molar-refractivity contribution >= 4 is 17.9 Å². The topological polar surface area (TPSA) is 97.4 Å². The highest BCUT2D eigenvalue weighted by Gasteiger charge is 2.50. The average Bonchev–Trinajstić information content (AvgIpc) is 2.80. The Kier molecular flexibility index (Phi) is 8.49. The minimum absolute atomic E-state index is 0.101. The third kappa shape index (κ3) is 5.95. The molecule has 8 nitrogen and oxygen atoms in total. The van der Waals surface area contributed by atoms with Crippen molar-refractivity contribution in [3.63, 3.8) is 0 Å². The van der Waals surface area contributed by atoms with E-state index in [4.69, 9.17) is 23.7 Å². The Morgan fingerprint density at radius 1 is 0.923 bits per heavy atom. The molecular formula is C18H30O8. The van der Waals surface area contributed by atoms with Crippen molar-refractivity contribution in [3.05, 3.63) is 0 Å². The van der Waals surface area contributed by atoms with Gasteiger partial charge in [-0.3, -0.25) is 14.4 Å². The molecule has 0 aromatic carbocycles. The first-order chi connectivity index (χ1) is 12.2. The Balaban J connectivity index is 3.21. The summed E-state index contributed by atoms with van der Waals surface area (Å²) in [6.45, 7) is 10.6. The van der Waals surface area contributed by atoms with Crippen LogP contribution < -0.4 is 0 Å². The predicted octanol–water partition coefficient (Wildman–Crippen LogP) is 1.84. The van der Waals surface area contributed by atoms with Crippen molar-refractivity contribution in [1.82, 2.24) is 0 Å². The number of hydrogen-bond acceptors (Lipinski definition) is 8. The van der Waals surface area contributed by atoms with Crippen LogP contribution in [-0.4, -0.2) is 55.7 Å². The summed E-state index contributed by atoms with van der Waals surface area (Å²) in [6, 6.07) is 0. The van der Waals surface area contributed by atoms with E-state index in [0.29, 0.717) is 0 Å². The van der Waals surface area contributed by atoms with E-state index in [1.807, 2.05) is 0 Å². The summed E-state index contributed by atoms with van der Waals surface area (Å²) in [5.74, 6) is -5.06. The average molecular weight is 374 g/mol. The van der Waals surface area contributed by atoms with Crippen molar-refractivity contribution in [3.8, 4) is 0 Å². The zero-order valence-corrected chi connectivity index (χ0v) is 16.4. The predicted molar refractivity (Wildman–Crippen MR) is 91.0 cm³/mol. The van der Waals surface area contributed by atoms with Gasteiger partial charge in [0.25, 0.3) is 0 Å². The van der Waals surface area contributed by atoms with Crippen molar-refractivity contribution < 1.29 is 38.1 Å². The van der Waals surface area contributed by atoms with Gasteiger partial charge in [-0.1, -0.05) is 0 Å². The van der Waals surface area contributed by atoms with Gasteiger partial charge in [-0.15, -0.1) is 0 Å². The Labute approximate surface area is 154 Å². The van der Waals surface area contributed by atoms with E-state index < -0.39 is 47.7 Å². The molecule has 26 heavy (non-hydrogen) atoms. The summed E-state index contributed by atoms with van der Waals surface area (Å²) >= 11 is 0. The van der Waals surface area contributed by atoms with Crippen LogP contribution >= 0.6 is 0 Å². The second-order valence-electron chi connectivity index (χ2n) is 6.46. The van der Waals surface area contributed by atoms with Crippen LogP contribution in [0.2, 0.25) is 0 Å². The van der Waals surface area contributed by atoms with Crippen LogP contribution in [0, 0.1) is 11.8 Å². The normalized spacial score (nSPS) is 22.7. The summed E-state index contributed by atoms with van der Waals surface area (Å²) in [5.41, 5.74) is 0. The zero-order valence-electron chi connectivity index (χ0n) is 16.4. The Morgan fingerprint density at radius 2 is 1.42 bits per heavy atom. The molecule has 1 rings (SSSR count). The fourth-order valence-corrected chi connectivity index (χ4v) is 3.15. The van der Waals surface area contributed by atoms with Gasteiger partial charge >= 0.3 is 17.9 Å². The molecule has 150 valence electrons. The first-order valence-corrected chi connectivity index (χ1v) is 9.01. The van der Waals surface area contributed by atoms with Gasteiger partial charge in [-0.05, 0) is 41.5 Å². The summed E-state index contributed by atoms with van der Waals surface area (Å²) in [5, 5.41) is 0. The molecule has 1 fully saturated rings. The highest BCUT2D eigenvalue weighted by molar-refractivity contribution is 5.96. The van der Waals surface area contributed by atoms with E-state index in [1.54, 1.807) is 41.5 Å². The molecule has 0 saturated carbocycles. The summed E-state index contributed by atoms with van der Waals surface area (Å²) < 4.78 is 26.7. The van der Waals surface area contributed by atoms with Crippen molar-refractivity contribution in [2.75, 3.05) is 19.8 Å². The largest absolute Gasteiger partial charge is 0.466 e. The van der Waals surface area contributed by atoms with Crippen LogP contribution in [0.15, 0.2) is 0 Å². The Morgan fingerprint density at radius 3 is 1.81 bits per heavy atom. The molecule has 0 aromatic heterocycles. The van der Waals surface area contributed by atoms with Gasteiger partial charge in [0.2, 0.25) is 0 Å². The van der Waals surface area contributed by atoms with E-state index in [1.165, 1.54) is 0 Å². The molecule has 0 amide bonds. The number of carbonyl (C=O) groups is 3. The molecule has 0 radical (unpaired) electrons. The van der Waals surface area contributed by atoms with Crippen molar-refractivity contribution in [2.45, 2.75) is 66.0 Å². The smallest absolute Gasteiger partial charge is 0.320 e. The number of hydrogen-bond donors (Lipinski definition) is 0. The van der Waals surface area contributed by atoms with Gasteiger partial charge in [0.1, 0.15) is 0 Å². The molecule has 1 unspecified atom stereocenters. The van der Waals surface area contributed by atoms with E-state index in [0.717, 1.165) is 0 Å². The van der Waals surface area contributed by atoms with Crippen LogP contribution in [0.25, 0.3) is 0 Å². The van der Waals surface area contributed by atoms with Gasteiger partial charge in [0.15, 0.2) is 11.7 Å². The third-order valence-corrected chi connectivity index (χ3v) is 3.99. The SMILES string of the molecule is CCOC(=O)CC(C(C(=O)OCC)C(=O)OCC)[C@@H]1OC(C)(C)O[C@H]1C. The summed E-state index contributed by atoms with van der Waals surface area (Å²) in [4.78, 5) is 37.1. The second-order valence-corrected chi connectivity index (χ2v) is 6.46. The molecule has 1 aliphatic heterocycles. The first-order valence-electron chi connectivity index (χ1n) is 9.01. The number of rotatable bonds is 9. The van der Waals surface area contributed by atoms with Crippen molar-refractivity contribution in [2.24, 2.45) is 11.8 Å². The lowest BCUT2D eigenvalue weighted by atomic mass is 9.82. The van der Waals surface area contributed by atoms with Crippen LogP contribution in [0.1, 0.15) is 48.0 Å². The zero-order chi connectivity index (χ0) is 19.9. The van der Waals surface area contributed by atoms with Crippen LogP contribution in [0.3, 0.4) is 0 Å². The fraction of sp³-hybridized carbons (Fsp3) is 0.833. The van der Waals surface area contributed by atoms with Gasteiger partial charge in [0, 0.05) is 5.92 Å². The van der Waals surface area contributed by atoms with Crippen LogP contribution in [-0.2, 0) is 38.1 Å². The van der Waals surface area contributed by atoms with Crippen LogP contribution in [0.4, 0.5) is 0 Å². The number of carbonyl (C=O) groups excluding carboxylic acids is 3. The Hall–Kier alpha value is -1.67. The van der Waals surface area contributed by atoms with Gasteiger partial charge in [-0.25, -0.2) is 0 Å². The lowest BCUT2D eigenvalue weighted by Crippen LogP contribution is -2.44. The molecule has 0 aromatic rings. The lowest BCUT2D eigenvalue weighted by molar-refractivity contribution is -0.175. The lowest BCUT2D eigenvalue weighted by Gasteiger charge is -2.29. The molecule has 1 heterocycles. The molecule has 1 aliphatic rings. The van der Waals surface area contributed by atoms with Gasteiger partial charge in [0.05, 0.1) is 38.4 Å². The van der Waals surface area contributed by atoms with Gasteiger partial charge < -0.3 is 23.7 Å². The molecular weight excluding hydrogens is 344 g/mol. The molecule has 0 spiro atoms. The fourth-order valence-electron chi connectivity index (χ4n) is 3.15. The Bertz CT molecular complexity index is 483. The highest BCUT2D eigenvalue weighted by Crippen LogP contribution is 2.37. The minimum atomic E-state index is -1.30. The van der Waals surface area contributed by atoms with Crippen molar-refractivity contribution in [1.29, 1.82) is 0 Å². The molecule has 8 heteroatoms. The highest BCUT2D eigenvalue weighted by atomic mass is 16.8. The minimum Gasteiger partial charge on any atom is -0.466 e. The maximum absolute atomic E-state index is 12.5. The first kappa shape index (κ1) is 22.4.